The van der Waals surface area contributed by atoms with Crippen LogP contribution in [0, 0.1) is 40.4 Å². The quantitative estimate of drug-likeness (QED) is 0.272. The number of methoxy groups -OCH3 is 5. The predicted octanol–water partition coefficient (Wildman–Crippen LogP) is 2.27. The summed E-state index contributed by atoms with van der Waals surface area (Å²) in [5.41, 5.74) is -4.08. The fourth-order valence-corrected chi connectivity index (χ4v) is 12.7. The van der Waals surface area contributed by atoms with E-state index in [0.29, 0.717) is 25.9 Å². The zero-order valence-corrected chi connectivity index (χ0v) is 30.8. The summed E-state index contributed by atoms with van der Waals surface area (Å²) in [6.07, 6.45) is 0.611. The Morgan fingerprint density at radius 2 is 1.78 bits per heavy atom. The second kappa shape index (κ2) is 13.0. The first-order valence-corrected chi connectivity index (χ1v) is 18.3. The molecule has 51 heavy (non-hydrogen) atoms. The minimum atomic E-state index is -1.70. The molecular weight excluding hydrogens is 660 g/mol. The number of amides is 1. The van der Waals surface area contributed by atoms with Crippen molar-refractivity contribution in [3.8, 4) is 0 Å². The molecule has 0 radical (unpaired) electrons. The van der Waals surface area contributed by atoms with Crippen molar-refractivity contribution in [2.24, 2.45) is 40.4 Å². The highest BCUT2D eigenvalue weighted by Crippen LogP contribution is 2.80. The van der Waals surface area contributed by atoms with E-state index in [4.69, 9.17) is 28.4 Å². The van der Waals surface area contributed by atoms with Crippen LogP contribution in [-0.2, 0) is 38.0 Å². The molecule has 1 spiro atoms. The first kappa shape index (κ1) is 36.7. The number of hydrogen-bond acceptors (Lipinski definition) is 12. The largest absolute Gasteiger partial charge is 0.469 e. The SMILES string of the molecule is CCN1C[C@@]2(COC(=O)c3ccccc3NC(=O)C(C)CC(=O)OC)CC[C@@H](OC)[C@@]34C1[C@@](O)([C@@H](OC)[C@@H]23)[C@]1(O)C[C@@H](OC)[C@@H]2C[C@H]4[C@H]1[C@@H]2OC. The van der Waals surface area contributed by atoms with Gasteiger partial charge in [0.1, 0.15) is 11.2 Å². The van der Waals surface area contributed by atoms with Gasteiger partial charge in [0, 0.05) is 75.9 Å². The molecule has 14 atom stereocenters. The number of aliphatic hydroxyl groups is 2. The summed E-state index contributed by atoms with van der Waals surface area (Å²) >= 11 is 0. The van der Waals surface area contributed by atoms with Gasteiger partial charge in [0.05, 0.1) is 61.8 Å². The number of fused-ring (bicyclic) bond motifs is 2. The van der Waals surface area contributed by atoms with E-state index < -0.39 is 57.9 Å². The molecule has 13 nitrogen and oxygen atoms in total. The second-order valence-electron chi connectivity index (χ2n) is 16.0. The lowest BCUT2D eigenvalue weighted by Crippen LogP contribution is -2.82. The molecule has 1 aromatic rings. The molecule has 1 amide bonds. The summed E-state index contributed by atoms with van der Waals surface area (Å²) in [6.45, 7) is 4.86. The zero-order valence-electron chi connectivity index (χ0n) is 30.8. The molecule has 1 saturated heterocycles. The smallest absolute Gasteiger partial charge is 0.340 e. The predicted molar refractivity (Wildman–Crippen MR) is 183 cm³/mol. The van der Waals surface area contributed by atoms with E-state index >= 15 is 0 Å². The van der Waals surface area contributed by atoms with Crippen LogP contribution in [-0.4, -0.2) is 130 Å². The fourth-order valence-electron chi connectivity index (χ4n) is 12.7. The Morgan fingerprint density at radius 3 is 2.43 bits per heavy atom. The maximum Gasteiger partial charge on any atom is 0.340 e. The number of ether oxygens (including phenoxy) is 6. The van der Waals surface area contributed by atoms with Gasteiger partial charge in [0.2, 0.25) is 5.91 Å². The molecule has 282 valence electrons. The first-order chi connectivity index (χ1) is 24.4. The summed E-state index contributed by atoms with van der Waals surface area (Å²) in [6, 6.07) is 6.19. The van der Waals surface area contributed by atoms with E-state index in [1.807, 2.05) is 0 Å². The Balaban J connectivity index is 1.27. The third kappa shape index (κ3) is 4.74. The van der Waals surface area contributed by atoms with Crippen LogP contribution in [0.4, 0.5) is 5.69 Å². The number of piperidine rings is 1. The fraction of sp³-hybridized carbons (Fsp3) is 0.763. The van der Waals surface area contributed by atoms with Crippen LogP contribution in [0.3, 0.4) is 0 Å². The van der Waals surface area contributed by atoms with Gasteiger partial charge in [-0.3, -0.25) is 14.5 Å². The minimum absolute atomic E-state index is 0.0399. The van der Waals surface area contributed by atoms with Crippen molar-refractivity contribution in [1.82, 2.24) is 4.90 Å². The first-order valence-electron chi connectivity index (χ1n) is 18.3. The number of para-hydroxylation sites is 1. The van der Waals surface area contributed by atoms with Gasteiger partial charge < -0.3 is 44.0 Å². The van der Waals surface area contributed by atoms with E-state index in [2.05, 4.69) is 17.1 Å². The molecule has 2 unspecified atom stereocenters. The molecule has 6 aliphatic rings. The number of likely N-dealkylation sites (tertiary alicyclic amines) is 1. The molecule has 1 aromatic carbocycles. The van der Waals surface area contributed by atoms with Crippen LogP contribution >= 0.6 is 0 Å². The molecule has 6 fully saturated rings. The zero-order chi connectivity index (χ0) is 36.7. The van der Waals surface area contributed by atoms with Gasteiger partial charge in [0.15, 0.2) is 0 Å². The molecule has 7 rings (SSSR count). The van der Waals surface area contributed by atoms with Crippen LogP contribution in [0.5, 0.6) is 0 Å². The number of anilines is 1. The molecular formula is C38H54N2O11. The standard InChI is InChI=1S/C38H54N2O11/c1-8-40-18-35(19-51-33(43)21-11-9-10-12-24(21)39-32(42)20(2)15-27(41)48-5)14-13-26(47-4)37-23-16-22-25(46-3)17-36(44,28(23)29(22)49-6)38(45,34(37)40)31(50-7)30(35)37/h9-12,20,22-23,25-26,28-31,34,44-45H,8,13-19H2,1-7H3,(H,39,42)/t20?,22-,23-,25+,26+,28-,29+,30-,31-,34?,35+,36-,37+,38-/m0/s1. The molecule has 13 heteroatoms. The molecule has 5 aliphatic carbocycles. The average Bonchev–Trinajstić information content (AvgIpc) is 3.55. The van der Waals surface area contributed by atoms with Crippen molar-refractivity contribution in [3.63, 3.8) is 0 Å². The lowest BCUT2D eigenvalue weighted by Gasteiger charge is -2.70. The Labute approximate surface area is 299 Å². The highest BCUT2D eigenvalue weighted by atomic mass is 16.5. The second-order valence-corrected chi connectivity index (χ2v) is 16.0. The van der Waals surface area contributed by atoms with E-state index in [1.165, 1.54) is 7.11 Å². The van der Waals surface area contributed by atoms with Crippen molar-refractivity contribution in [2.45, 2.75) is 87.6 Å². The molecule has 3 N–H and O–H groups in total. The number of nitrogens with one attached hydrogen (secondary N) is 1. The summed E-state index contributed by atoms with van der Waals surface area (Å²) in [5.74, 6) is -2.92. The van der Waals surface area contributed by atoms with Gasteiger partial charge in [-0.2, -0.15) is 0 Å². The maximum absolute atomic E-state index is 14.0. The summed E-state index contributed by atoms with van der Waals surface area (Å²) in [5, 5.41) is 29.4. The number of carbonyl (C=O) groups is 3. The van der Waals surface area contributed by atoms with E-state index in [9.17, 15) is 24.6 Å². The molecule has 1 aliphatic heterocycles. The highest BCUT2D eigenvalue weighted by molar-refractivity contribution is 6.02. The van der Waals surface area contributed by atoms with Crippen molar-refractivity contribution >= 4 is 23.5 Å². The number of rotatable bonds is 12. The maximum atomic E-state index is 14.0. The lowest BCUT2D eigenvalue weighted by molar-refractivity contribution is -0.320. The third-order valence-electron chi connectivity index (χ3n) is 14.3. The van der Waals surface area contributed by atoms with E-state index in [0.717, 1.165) is 6.42 Å². The number of carbonyl (C=O) groups excluding carboxylic acids is 3. The van der Waals surface area contributed by atoms with Crippen LogP contribution in [0.15, 0.2) is 24.3 Å². The van der Waals surface area contributed by atoms with Crippen molar-refractivity contribution in [1.29, 1.82) is 0 Å². The number of hydrogen-bond donors (Lipinski definition) is 3. The van der Waals surface area contributed by atoms with E-state index in [-0.39, 0.29) is 72.7 Å². The number of benzene rings is 1. The lowest BCUT2D eigenvalue weighted by atomic mass is 9.42. The molecule has 5 saturated carbocycles. The summed E-state index contributed by atoms with van der Waals surface area (Å²) in [4.78, 5) is 41.1. The Bertz CT molecular complexity index is 1540. The van der Waals surface area contributed by atoms with Crippen LogP contribution in [0.2, 0.25) is 0 Å². The van der Waals surface area contributed by atoms with Crippen LogP contribution < -0.4 is 5.32 Å². The summed E-state index contributed by atoms with van der Waals surface area (Å²) < 4.78 is 36.1. The van der Waals surface area contributed by atoms with Gasteiger partial charge in [-0.05, 0) is 43.9 Å². The van der Waals surface area contributed by atoms with Gasteiger partial charge in [-0.25, -0.2) is 4.79 Å². The topological polar surface area (TPSA) is 162 Å². The number of esters is 2. The molecule has 0 aromatic heterocycles. The normalized spacial score (nSPS) is 43.7. The average molecular weight is 715 g/mol. The molecule has 7 bridgehead atoms. The van der Waals surface area contributed by atoms with Crippen molar-refractivity contribution in [2.75, 3.05) is 60.6 Å². The van der Waals surface area contributed by atoms with E-state index in [1.54, 1.807) is 59.6 Å². The Kier molecular flexibility index (Phi) is 9.38. The molecule has 1 heterocycles. The summed E-state index contributed by atoms with van der Waals surface area (Å²) in [7, 11) is 7.96. The monoisotopic (exact) mass is 714 g/mol. The van der Waals surface area contributed by atoms with Gasteiger partial charge in [0.25, 0.3) is 0 Å². The number of nitrogens with zero attached hydrogens (tertiary/aromatic N) is 1. The van der Waals surface area contributed by atoms with Gasteiger partial charge in [-0.15, -0.1) is 0 Å². The van der Waals surface area contributed by atoms with Crippen LogP contribution in [0.1, 0.15) is 56.3 Å². The van der Waals surface area contributed by atoms with Crippen molar-refractivity contribution < 1.29 is 53.0 Å². The van der Waals surface area contributed by atoms with Gasteiger partial charge >= 0.3 is 11.9 Å². The van der Waals surface area contributed by atoms with Crippen LogP contribution in [0.25, 0.3) is 0 Å². The Hall–Kier alpha value is -2.65. The minimum Gasteiger partial charge on any atom is -0.469 e. The Morgan fingerprint density at radius 1 is 1.04 bits per heavy atom. The third-order valence-corrected chi connectivity index (χ3v) is 14.3. The highest BCUT2D eigenvalue weighted by Gasteiger charge is 2.91. The van der Waals surface area contributed by atoms with Crippen molar-refractivity contribution in [3.05, 3.63) is 29.8 Å². The number of likely N-dealkylation sites (N-methyl/N-ethyl adjacent to an activating group) is 1. The van der Waals surface area contributed by atoms with Gasteiger partial charge in [-0.1, -0.05) is 26.0 Å².